The summed E-state index contributed by atoms with van der Waals surface area (Å²) in [6.07, 6.45) is 3.41. The summed E-state index contributed by atoms with van der Waals surface area (Å²) in [4.78, 5) is 18.8. The van der Waals surface area contributed by atoms with E-state index < -0.39 is 0 Å². The lowest BCUT2D eigenvalue weighted by Gasteiger charge is -2.33. The topological polar surface area (TPSA) is 71.1 Å². The van der Waals surface area contributed by atoms with E-state index in [1.165, 1.54) is 18.2 Å². The summed E-state index contributed by atoms with van der Waals surface area (Å²) in [6.45, 7) is 2.99. The van der Waals surface area contributed by atoms with Crippen molar-refractivity contribution in [1.29, 1.82) is 0 Å². The first kappa shape index (κ1) is 19.6. The number of piperidine rings is 1. The van der Waals surface area contributed by atoms with Gasteiger partial charge in [0.2, 0.25) is 11.1 Å². The van der Waals surface area contributed by atoms with Gasteiger partial charge in [0.15, 0.2) is 5.82 Å². The van der Waals surface area contributed by atoms with Gasteiger partial charge in [-0.25, -0.2) is 4.98 Å². The highest BCUT2D eigenvalue weighted by Gasteiger charge is 2.23. The minimum atomic E-state index is 0. The third-order valence-corrected chi connectivity index (χ3v) is 5.11. The Labute approximate surface area is 158 Å². The Morgan fingerprint density at radius 3 is 2.80 bits per heavy atom. The number of aromatic nitrogens is 3. The first-order valence-corrected chi connectivity index (χ1v) is 9.15. The van der Waals surface area contributed by atoms with Crippen LogP contribution in [0.2, 0.25) is 0 Å². The molecule has 0 spiro atoms. The van der Waals surface area contributed by atoms with Gasteiger partial charge < -0.3 is 9.64 Å². The number of amides is 1. The number of hydrogen-bond donors (Lipinski definition) is 1. The van der Waals surface area contributed by atoms with E-state index >= 15 is 0 Å². The number of nitrogens with zero attached hydrogens (tertiary/aromatic N) is 3. The number of aromatic amines is 1. The molecule has 1 saturated heterocycles. The monoisotopic (exact) mass is 382 g/mol. The molecule has 8 heteroatoms. The number of nitrogens with one attached hydrogen (secondary N) is 1. The number of rotatable bonds is 5. The summed E-state index contributed by atoms with van der Waals surface area (Å²) in [6, 6.07) is 7.95. The van der Waals surface area contributed by atoms with Crippen LogP contribution in [0.15, 0.2) is 29.4 Å². The number of methoxy groups -OCH3 is 1. The zero-order chi connectivity index (χ0) is 16.9. The van der Waals surface area contributed by atoms with Gasteiger partial charge in [-0.05, 0) is 50.5 Å². The minimum absolute atomic E-state index is 0. The number of thioether (sulfide) groups is 1. The van der Waals surface area contributed by atoms with Crippen LogP contribution in [0.3, 0.4) is 0 Å². The maximum atomic E-state index is 12.4. The summed E-state index contributed by atoms with van der Waals surface area (Å²) in [7, 11) is 1.64. The first-order valence-electron chi connectivity index (χ1n) is 8.16. The van der Waals surface area contributed by atoms with Gasteiger partial charge in [-0.3, -0.25) is 9.89 Å². The number of hydrogen-bond acceptors (Lipinski definition) is 5. The van der Waals surface area contributed by atoms with Gasteiger partial charge in [0.05, 0.1) is 12.9 Å². The number of H-pyrrole nitrogens is 1. The second-order valence-corrected chi connectivity index (χ2v) is 6.86. The average Bonchev–Trinajstić information content (AvgIpc) is 3.09. The Morgan fingerprint density at radius 1 is 1.36 bits per heavy atom. The van der Waals surface area contributed by atoms with Crippen LogP contribution in [0, 0.1) is 0 Å². The lowest BCUT2D eigenvalue weighted by atomic mass is 10.0. The van der Waals surface area contributed by atoms with Gasteiger partial charge in [-0.15, -0.1) is 17.5 Å². The normalized spacial score (nSPS) is 17.0. The van der Waals surface area contributed by atoms with E-state index in [9.17, 15) is 4.79 Å². The summed E-state index contributed by atoms with van der Waals surface area (Å²) in [5, 5.41) is 7.72. The van der Waals surface area contributed by atoms with Crippen molar-refractivity contribution in [2.45, 2.75) is 37.4 Å². The Hall–Kier alpha value is -1.73. The molecule has 1 aromatic carbocycles. The molecule has 25 heavy (non-hydrogen) atoms. The average molecular weight is 383 g/mol. The summed E-state index contributed by atoms with van der Waals surface area (Å²) >= 11 is 1.38. The SMILES string of the molecule is COc1ccc(-c2nc(SCC(=O)N3CCCCC3C)n[nH]2)cc1.Cl. The number of halogens is 1. The molecule has 1 atom stereocenters. The van der Waals surface area contributed by atoms with E-state index in [1.54, 1.807) is 7.11 Å². The van der Waals surface area contributed by atoms with Crippen LogP contribution < -0.4 is 4.74 Å². The van der Waals surface area contributed by atoms with Crippen molar-refractivity contribution in [2.24, 2.45) is 0 Å². The van der Waals surface area contributed by atoms with Crippen LogP contribution in [-0.4, -0.2) is 51.4 Å². The van der Waals surface area contributed by atoms with Crippen molar-refractivity contribution in [2.75, 3.05) is 19.4 Å². The summed E-state index contributed by atoms with van der Waals surface area (Å²) in [5.41, 5.74) is 0.936. The van der Waals surface area contributed by atoms with Crippen molar-refractivity contribution in [1.82, 2.24) is 20.1 Å². The van der Waals surface area contributed by atoms with Crippen molar-refractivity contribution in [3.63, 3.8) is 0 Å². The third kappa shape index (κ3) is 4.89. The number of ether oxygens (including phenoxy) is 1. The molecule has 1 N–H and O–H groups in total. The molecule has 1 aliphatic rings. The Morgan fingerprint density at radius 2 is 2.12 bits per heavy atom. The van der Waals surface area contributed by atoms with E-state index in [-0.39, 0.29) is 18.3 Å². The fourth-order valence-corrected chi connectivity index (χ4v) is 3.55. The van der Waals surface area contributed by atoms with Crippen molar-refractivity contribution >= 4 is 30.1 Å². The molecule has 3 rings (SSSR count). The van der Waals surface area contributed by atoms with Crippen molar-refractivity contribution in [3.8, 4) is 17.1 Å². The van der Waals surface area contributed by atoms with E-state index in [1.807, 2.05) is 29.2 Å². The van der Waals surface area contributed by atoms with Crippen molar-refractivity contribution in [3.05, 3.63) is 24.3 Å². The maximum Gasteiger partial charge on any atom is 0.233 e. The van der Waals surface area contributed by atoms with Crippen LogP contribution in [0.4, 0.5) is 0 Å². The van der Waals surface area contributed by atoms with Gasteiger partial charge in [-0.2, -0.15) is 0 Å². The summed E-state index contributed by atoms with van der Waals surface area (Å²) < 4.78 is 5.15. The Balaban J connectivity index is 0.00000225. The molecule has 136 valence electrons. The van der Waals surface area contributed by atoms with Crippen LogP contribution in [0.25, 0.3) is 11.4 Å². The van der Waals surface area contributed by atoms with E-state index in [0.29, 0.717) is 22.8 Å². The molecule has 2 heterocycles. The van der Waals surface area contributed by atoms with Crippen LogP contribution in [0.1, 0.15) is 26.2 Å². The molecule has 0 radical (unpaired) electrons. The van der Waals surface area contributed by atoms with Crippen molar-refractivity contribution < 1.29 is 9.53 Å². The number of carbonyl (C=O) groups is 1. The van der Waals surface area contributed by atoms with Crippen LogP contribution in [0.5, 0.6) is 5.75 Å². The molecule has 1 fully saturated rings. The molecule has 0 saturated carbocycles. The molecule has 0 aliphatic carbocycles. The van der Waals surface area contributed by atoms with E-state index in [4.69, 9.17) is 4.74 Å². The Kier molecular flexibility index (Phi) is 7.13. The minimum Gasteiger partial charge on any atom is -0.497 e. The molecule has 1 aromatic heterocycles. The quantitative estimate of drug-likeness (QED) is 0.802. The maximum absolute atomic E-state index is 12.4. The number of carbonyl (C=O) groups excluding carboxylic acids is 1. The van der Waals surface area contributed by atoms with E-state index in [2.05, 4.69) is 22.1 Å². The van der Waals surface area contributed by atoms with Crippen LogP contribution in [-0.2, 0) is 4.79 Å². The highest BCUT2D eigenvalue weighted by molar-refractivity contribution is 7.99. The highest BCUT2D eigenvalue weighted by atomic mass is 35.5. The Bertz CT molecular complexity index is 692. The smallest absolute Gasteiger partial charge is 0.233 e. The predicted octanol–water partition coefficient (Wildman–Crippen LogP) is 3.40. The molecule has 2 aromatic rings. The highest BCUT2D eigenvalue weighted by Crippen LogP contribution is 2.23. The zero-order valence-electron chi connectivity index (χ0n) is 14.4. The molecule has 6 nitrogen and oxygen atoms in total. The second kappa shape index (κ2) is 9.10. The summed E-state index contributed by atoms with van der Waals surface area (Å²) in [5.74, 6) is 2.04. The zero-order valence-corrected chi connectivity index (χ0v) is 16.0. The molecular formula is C17H23ClN4O2S. The largest absolute Gasteiger partial charge is 0.497 e. The van der Waals surface area contributed by atoms with Gasteiger partial charge >= 0.3 is 0 Å². The fourth-order valence-electron chi connectivity index (χ4n) is 2.87. The molecular weight excluding hydrogens is 360 g/mol. The lowest BCUT2D eigenvalue weighted by Crippen LogP contribution is -2.42. The molecule has 1 aliphatic heterocycles. The predicted molar refractivity (Wildman–Crippen MR) is 101 cm³/mol. The fraction of sp³-hybridized carbons (Fsp3) is 0.471. The first-order chi connectivity index (χ1) is 11.7. The third-order valence-electron chi connectivity index (χ3n) is 4.28. The van der Waals surface area contributed by atoms with Gasteiger partial charge in [-0.1, -0.05) is 11.8 Å². The lowest BCUT2D eigenvalue weighted by molar-refractivity contribution is -0.131. The standard InChI is InChI=1S/C17H22N4O2S.ClH/c1-12-5-3-4-10-21(12)15(22)11-24-17-18-16(19-20-17)13-6-8-14(23-2)9-7-13;/h6-9,12H,3-5,10-11H2,1-2H3,(H,18,19,20);1H. The number of likely N-dealkylation sites (tertiary alicyclic amines) is 1. The molecule has 1 amide bonds. The van der Waals surface area contributed by atoms with Gasteiger partial charge in [0.25, 0.3) is 0 Å². The van der Waals surface area contributed by atoms with Gasteiger partial charge in [0, 0.05) is 18.2 Å². The van der Waals surface area contributed by atoms with Gasteiger partial charge in [0.1, 0.15) is 5.75 Å². The van der Waals surface area contributed by atoms with Crippen LogP contribution >= 0.6 is 24.2 Å². The number of benzene rings is 1. The van der Waals surface area contributed by atoms with E-state index in [0.717, 1.165) is 30.7 Å². The molecule has 0 bridgehead atoms. The second-order valence-electron chi connectivity index (χ2n) is 5.92. The molecule has 1 unspecified atom stereocenters.